The maximum atomic E-state index is 5.18. The van der Waals surface area contributed by atoms with E-state index < -0.39 is 0 Å². The zero-order chi connectivity index (χ0) is 42.5. The highest BCUT2D eigenvalue weighted by molar-refractivity contribution is 7.26. The van der Waals surface area contributed by atoms with Gasteiger partial charge in [-0.25, -0.2) is 15.0 Å². The lowest BCUT2D eigenvalue weighted by Crippen LogP contribution is -2.15. The van der Waals surface area contributed by atoms with Crippen molar-refractivity contribution in [2.75, 3.05) is 0 Å². The lowest BCUT2D eigenvalue weighted by Gasteiger charge is -2.21. The van der Waals surface area contributed by atoms with Crippen LogP contribution in [-0.4, -0.2) is 15.0 Å². The first-order chi connectivity index (χ1) is 31.5. The van der Waals surface area contributed by atoms with Crippen molar-refractivity contribution < 1.29 is 0 Å². The predicted molar refractivity (Wildman–Crippen MR) is 270 cm³/mol. The van der Waals surface area contributed by atoms with Gasteiger partial charge in [0.15, 0.2) is 17.5 Å². The van der Waals surface area contributed by atoms with Crippen LogP contribution in [0.25, 0.3) is 120 Å². The highest BCUT2D eigenvalue weighted by Gasteiger charge is 2.35. The number of aromatic nitrogens is 3. The molecule has 13 rings (SSSR count). The second-order valence-corrected chi connectivity index (χ2v) is 18.6. The standard InChI is InChI=1S/C60H39N3S/c1-60(2)52-21-11-10-19-48(52)49-31-28-41(35-53(49)60)59-62-57(37-13-4-3-5-14-37)61-58(63-59)38-25-23-36(24-26-38)42-20-12-22-55-56(42)51-34-40(29-32-54(51)64-55)39-27-30-47-45-17-7-6-15-43(45)44-16-8-9-18-46(44)50(47)33-39/h3-35H,1-2H3. The molecule has 0 atom stereocenters. The van der Waals surface area contributed by atoms with Gasteiger partial charge in [0.05, 0.1) is 0 Å². The summed E-state index contributed by atoms with van der Waals surface area (Å²) in [5, 5.41) is 10.3. The molecule has 0 aliphatic heterocycles. The van der Waals surface area contributed by atoms with E-state index in [0.717, 1.165) is 22.3 Å². The van der Waals surface area contributed by atoms with Crippen molar-refractivity contribution in [2.45, 2.75) is 19.3 Å². The Kier molecular flexibility index (Phi) is 8.12. The molecule has 1 aliphatic carbocycles. The minimum absolute atomic E-state index is 0.129. The number of hydrogen-bond acceptors (Lipinski definition) is 4. The van der Waals surface area contributed by atoms with Gasteiger partial charge in [-0.15, -0.1) is 11.3 Å². The molecule has 0 saturated carbocycles. The minimum atomic E-state index is -0.129. The number of rotatable bonds is 5. The Labute approximate surface area is 375 Å². The van der Waals surface area contributed by atoms with Gasteiger partial charge in [0, 0.05) is 42.3 Å². The summed E-state index contributed by atoms with van der Waals surface area (Å²) in [7, 11) is 0. The van der Waals surface area contributed by atoms with E-state index in [4.69, 9.17) is 15.0 Å². The van der Waals surface area contributed by atoms with Gasteiger partial charge in [-0.05, 0) is 107 Å². The molecule has 64 heavy (non-hydrogen) atoms. The lowest BCUT2D eigenvalue weighted by molar-refractivity contribution is 0.660. The Bertz CT molecular complexity index is 3830. The van der Waals surface area contributed by atoms with Crippen molar-refractivity contribution in [3.05, 3.63) is 211 Å². The molecule has 2 heterocycles. The Hall–Kier alpha value is -7.79. The molecule has 0 radical (unpaired) electrons. The van der Waals surface area contributed by atoms with Crippen LogP contribution in [-0.2, 0) is 5.41 Å². The van der Waals surface area contributed by atoms with E-state index in [2.05, 4.69) is 196 Å². The highest BCUT2D eigenvalue weighted by Crippen LogP contribution is 2.50. The molecule has 3 nitrogen and oxygen atoms in total. The van der Waals surface area contributed by atoms with E-state index in [1.807, 2.05) is 29.5 Å². The fourth-order valence-electron chi connectivity index (χ4n) is 10.3. The third kappa shape index (κ3) is 5.69. The first-order valence-electron chi connectivity index (χ1n) is 21.9. The molecule has 0 N–H and O–H groups in total. The van der Waals surface area contributed by atoms with Crippen LogP contribution in [0.15, 0.2) is 200 Å². The van der Waals surface area contributed by atoms with Crippen LogP contribution in [0.2, 0.25) is 0 Å². The number of nitrogens with zero attached hydrogens (tertiary/aromatic N) is 3. The van der Waals surface area contributed by atoms with E-state index in [0.29, 0.717) is 17.5 Å². The molecule has 0 fully saturated rings. The maximum absolute atomic E-state index is 5.18. The zero-order valence-electron chi connectivity index (χ0n) is 35.3. The van der Waals surface area contributed by atoms with Crippen LogP contribution in [0.4, 0.5) is 0 Å². The Morgan fingerprint density at radius 3 is 1.53 bits per heavy atom. The van der Waals surface area contributed by atoms with Crippen LogP contribution < -0.4 is 0 Å². The molecule has 0 unspecified atom stereocenters. The molecule has 12 aromatic rings. The van der Waals surface area contributed by atoms with E-state index in [9.17, 15) is 0 Å². The van der Waals surface area contributed by atoms with Gasteiger partial charge in [0.2, 0.25) is 0 Å². The van der Waals surface area contributed by atoms with Gasteiger partial charge >= 0.3 is 0 Å². The molecular weight excluding hydrogens is 795 g/mol. The second kappa shape index (κ2) is 14.1. The summed E-state index contributed by atoms with van der Waals surface area (Å²) in [4.78, 5) is 15.4. The van der Waals surface area contributed by atoms with Crippen molar-refractivity contribution in [1.29, 1.82) is 0 Å². The largest absolute Gasteiger partial charge is 0.208 e. The molecule has 1 aliphatic rings. The van der Waals surface area contributed by atoms with E-state index >= 15 is 0 Å². The first-order valence-corrected chi connectivity index (χ1v) is 22.7. The van der Waals surface area contributed by atoms with Crippen molar-refractivity contribution >= 4 is 63.8 Å². The van der Waals surface area contributed by atoms with Crippen LogP contribution in [0.3, 0.4) is 0 Å². The predicted octanol–water partition coefficient (Wildman–Crippen LogP) is 16.3. The number of fused-ring (bicyclic) bond motifs is 12. The van der Waals surface area contributed by atoms with Crippen LogP contribution in [0, 0.1) is 0 Å². The van der Waals surface area contributed by atoms with E-state index in [-0.39, 0.29) is 5.41 Å². The molecule has 4 heteroatoms. The van der Waals surface area contributed by atoms with Crippen molar-refractivity contribution in [3.8, 4) is 67.5 Å². The topological polar surface area (TPSA) is 38.7 Å². The molecule has 0 spiro atoms. The van der Waals surface area contributed by atoms with Gasteiger partial charge in [-0.1, -0.05) is 184 Å². The summed E-state index contributed by atoms with van der Waals surface area (Å²) in [6, 6.07) is 72.6. The van der Waals surface area contributed by atoms with Crippen LogP contribution in [0.1, 0.15) is 25.0 Å². The molecular formula is C60H39N3S. The third-order valence-corrected chi connectivity index (χ3v) is 14.7. The summed E-state index contributed by atoms with van der Waals surface area (Å²) in [6.07, 6.45) is 0. The average Bonchev–Trinajstić information content (AvgIpc) is 3.85. The quantitative estimate of drug-likeness (QED) is 0.162. The van der Waals surface area contributed by atoms with Crippen molar-refractivity contribution in [3.63, 3.8) is 0 Å². The summed E-state index contributed by atoms with van der Waals surface area (Å²) in [5.74, 6) is 1.98. The summed E-state index contributed by atoms with van der Waals surface area (Å²) < 4.78 is 2.56. The highest BCUT2D eigenvalue weighted by atomic mass is 32.1. The first kappa shape index (κ1) is 36.8. The van der Waals surface area contributed by atoms with Crippen molar-refractivity contribution in [2.24, 2.45) is 0 Å². The van der Waals surface area contributed by atoms with Gasteiger partial charge in [-0.3, -0.25) is 0 Å². The van der Waals surface area contributed by atoms with E-state index in [1.165, 1.54) is 91.4 Å². The summed E-state index contributed by atoms with van der Waals surface area (Å²) in [6.45, 7) is 4.62. The monoisotopic (exact) mass is 833 g/mol. The number of thiophene rings is 1. The number of benzene rings is 10. The van der Waals surface area contributed by atoms with Crippen LogP contribution >= 0.6 is 11.3 Å². The zero-order valence-corrected chi connectivity index (χ0v) is 36.1. The molecule has 0 saturated heterocycles. The van der Waals surface area contributed by atoms with Gasteiger partial charge < -0.3 is 0 Å². The molecule has 10 aromatic carbocycles. The molecule has 300 valence electrons. The Balaban J connectivity index is 0.900. The lowest BCUT2D eigenvalue weighted by atomic mass is 9.82. The molecule has 2 aromatic heterocycles. The fourth-order valence-corrected chi connectivity index (χ4v) is 11.4. The summed E-state index contributed by atoms with van der Waals surface area (Å²) >= 11 is 1.86. The van der Waals surface area contributed by atoms with Crippen molar-refractivity contribution in [1.82, 2.24) is 15.0 Å². The Morgan fingerprint density at radius 1 is 0.312 bits per heavy atom. The van der Waals surface area contributed by atoms with Gasteiger partial charge in [0.25, 0.3) is 0 Å². The normalized spacial score (nSPS) is 13.0. The van der Waals surface area contributed by atoms with Gasteiger partial charge in [-0.2, -0.15) is 0 Å². The number of hydrogen-bond donors (Lipinski definition) is 0. The second-order valence-electron chi connectivity index (χ2n) is 17.5. The minimum Gasteiger partial charge on any atom is -0.208 e. The summed E-state index contributed by atoms with van der Waals surface area (Å²) in [5.41, 5.74) is 12.8. The van der Waals surface area contributed by atoms with Crippen LogP contribution in [0.5, 0.6) is 0 Å². The third-order valence-electron chi connectivity index (χ3n) is 13.5. The maximum Gasteiger partial charge on any atom is 0.164 e. The Morgan fingerprint density at radius 2 is 0.812 bits per heavy atom. The molecule has 0 amide bonds. The average molecular weight is 834 g/mol. The van der Waals surface area contributed by atoms with Gasteiger partial charge in [0.1, 0.15) is 0 Å². The van der Waals surface area contributed by atoms with E-state index in [1.54, 1.807) is 0 Å². The SMILES string of the molecule is CC1(C)c2ccccc2-c2ccc(-c3nc(-c4ccccc4)nc(-c4ccc(-c5cccc6sc7ccc(-c8ccc9c%10ccccc%10c%10ccccc%10c9c8)cc7c56)cc4)n3)cc21. The fraction of sp³-hybridized carbons (Fsp3) is 0.0500. The molecule has 0 bridgehead atoms. The smallest absolute Gasteiger partial charge is 0.164 e.